The molecule has 2 rings (SSSR count). The molecule has 0 aromatic heterocycles. The number of nitrogens with one attached hydrogen (secondary N) is 1. The lowest BCUT2D eigenvalue weighted by Gasteiger charge is -2.30. The van der Waals surface area contributed by atoms with E-state index in [1.54, 1.807) is 14.2 Å². The van der Waals surface area contributed by atoms with Crippen LogP contribution in [0.3, 0.4) is 0 Å². The van der Waals surface area contributed by atoms with Crippen LogP contribution in [0.15, 0.2) is 30.3 Å². The van der Waals surface area contributed by atoms with Crippen LogP contribution in [0.5, 0.6) is 0 Å². The Morgan fingerprint density at radius 1 is 1.10 bits per heavy atom. The third-order valence-corrected chi connectivity index (χ3v) is 4.32. The third-order valence-electron chi connectivity index (χ3n) is 4.32. The number of rotatable bonds is 7. The van der Waals surface area contributed by atoms with E-state index in [2.05, 4.69) is 35.6 Å². The lowest BCUT2D eigenvalue weighted by molar-refractivity contribution is 0.0265. The number of benzene rings is 1. The number of hydrogen-bond acceptors (Lipinski definition) is 3. The van der Waals surface area contributed by atoms with E-state index >= 15 is 0 Å². The van der Waals surface area contributed by atoms with Crippen molar-refractivity contribution >= 4 is 0 Å². The van der Waals surface area contributed by atoms with E-state index in [0.717, 1.165) is 12.5 Å². The van der Waals surface area contributed by atoms with E-state index in [4.69, 9.17) is 9.47 Å². The van der Waals surface area contributed by atoms with Crippen molar-refractivity contribution < 1.29 is 9.47 Å². The molecular formula is C17H27NO2. The zero-order valence-corrected chi connectivity index (χ0v) is 12.7. The van der Waals surface area contributed by atoms with Gasteiger partial charge in [-0.2, -0.15) is 0 Å². The first-order chi connectivity index (χ1) is 9.83. The van der Waals surface area contributed by atoms with Crippen molar-refractivity contribution in [1.29, 1.82) is 0 Å². The third kappa shape index (κ3) is 4.58. The Balaban J connectivity index is 1.72. The van der Waals surface area contributed by atoms with Gasteiger partial charge in [-0.3, -0.25) is 0 Å². The molecule has 112 valence electrons. The topological polar surface area (TPSA) is 30.5 Å². The van der Waals surface area contributed by atoms with Crippen molar-refractivity contribution in [2.45, 2.75) is 43.7 Å². The van der Waals surface area contributed by atoms with Gasteiger partial charge in [-0.25, -0.2) is 0 Å². The van der Waals surface area contributed by atoms with E-state index in [9.17, 15) is 0 Å². The van der Waals surface area contributed by atoms with Crippen LogP contribution in [0, 0.1) is 0 Å². The SMILES string of the molecule is COCC(CNC1CCC(c2ccccc2)CC1)OC. The molecule has 0 amide bonds. The minimum absolute atomic E-state index is 0.159. The Morgan fingerprint density at radius 3 is 2.40 bits per heavy atom. The smallest absolute Gasteiger partial charge is 0.0928 e. The molecule has 1 fully saturated rings. The molecule has 1 aliphatic rings. The first-order valence-electron chi connectivity index (χ1n) is 7.63. The Morgan fingerprint density at radius 2 is 1.80 bits per heavy atom. The second-order valence-corrected chi connectivity index (χ2v) is 5.68. The van der Waals surface area contributed by atoms with E-state index in [1.165, 1.54) is 31.2 Å². The molecule has 0 aliphatic heterocycles. The first kappa shape index (κ1) is 15.5. The Bertz CT molecular complexity index is 361. The van der Waals surface area contributed by atoms with E-state index < -0.39 is 0 Å². The van der Waals surface area contributed by atoms with Crippen molar-refractivity contribution in [2.24, 2.45) is 0 Å². The van der Waals surface area contributed by atoms with Crippen LogP contribution in [0.2, 0.25) is 0 Å². The van der Waals surface area contributed by atoms with Crippen LogP contribution in [-0.2, 0) is 9.47 Å². The zero-order valence-electron chi connectivity index (χ0n) is 12.7. The van der Waals surface area contributed by atoms with Crippen molar-refractivity contribution in [3.05, 3.63) is 35.9 Å². The summed E-state index contributed by atoms with van der Waals surface area (Å²) >= 11 is 0. The fourth-order valence-corrected chi connectivity index (χ4v) is 3.05. The van der Waals surface area contributed by atoms with Crippen molar-refractivity contribution in [1.82, 2.24) is 5.32 Å². The van der Waals surface area contributed by atoms with E-state index in [1.807, 2.05) is 0 Å². The number of ether oxygens (including phenoxy) is 2. The lowest BCUT2D eigenvalue weighted by atomic mass is 9.82. The summed E-state index contributed by atoms with van der Waals surface area (Å²) in [5.74, 6) is 0.742. The molecule has 3 nitrogen and oxygen atoms in total. The molecule has 1 N–H and O–H groups in total. The van der Waals surface area contributed by atoms with Gasteiger partial charge in [0.25, 0.3) is 0 Å². The Labute approximate surface area is 122 Å². The molecule has 20 heavy (non-hydrogen) atoms. The summed E-state index contributed by atoms with van der Waals surface area (Å²) in [6.07, 6.45) is 5.23. The summed E-state index contributed by atoms with van der Waals surface area (Å²) in [5, 5.41) is 3.62. The van der Waals surface area contributed by atoms with E-state index in [-0.39, 0.29) is 6.10 Å². The summed E-state index contributed by atoms with van der Waals surface area (Å²) in [7, 11) is 3.47. The monoisotopic (exact) mass is 277 g/mol. The zero-order chi connectivity index (χ0) is 14.2. The maximum atomic E-state index is 5.38. The number of hydrogen-bond donors (Lipinski definition) is 1. The quantitative estimate of drug-likeness (QED) is 0.831. The molecule has 0 bridgehead atoms. The lowest BCUT2D eigenvalue weighted by Crippen LogP contribution is -2.40. The molecule has 3 heteroatoms. The first-order valence-corrected chi connectivity index (χ1v) is 7.63. The summed E-state index contributed by atoms with van der Waals surface area (Å²) in [4.78, 5) is 0. The molecule has 1 saturated carbocycles. The highest BCUT2D eigenvalue weighted by atomic mass is 16.5. The largest absolute Gasteiger partial charge is 0.382 e. The second kappa shape index (κ2) is 8.40. The summed E-state index contributed by atoms with van der Waals surface area (Å²) < 4.78 is 10.5. The van der Waals surface area contributed by atoms with Gasteiger partial charge in [0, 0.05) is 26.8 Å². The number of methoxy groups -OCH3 is 2. The summed E-state index contributed by atoms with van der Waals surface area (Å²) in [5.41, 5.74) is 1.50. The van der Waals surface area contributed by atoms with Crippen LogP contribution in [0.1, 0.15) is 37.2 Å². The van der Waals surface area contributed by atoms with Gasteiger partial charge in [-0.05, 0) is 37.2 Å². The van der Waals surface area contributed by atoms with Crippen LogP contribution >= 0.6 is 0 Å². The van der Waals surface area contributed by atoms with Gasteiger partial charge in [0.1, 0.15) is 0 Å². The molecule has 1 aliphatic carbocycles. The highest BCUT2D eigenvalue weighted by Crippen LogP contribution is 2.32. The van der Waals surface area contributed by atoms with Gasteiger partial charge in [0.2, 0.25) is 0 Å². The molecule has 1 unspecified atom stereocenters. The van der Waals surface area contributed by atoms with Gasteiger partial charge in [0.05, 0.1) is 12.7 Å². The predicted molar refractivity (Wildman–Crippen MR) is 82.1 cm³/mol. The van der Waals surface area contributed by atoms with Crippen molar-refractivity contribution in [2.75, 3.05) is 27.4 Å². The molecule has 0 saturated heterocycles. The highest BCUT2D eigenvalue weighted by Gasteiger charge is 2.22. The van der Waals surface area contributed by atoms with Gasteiger partial charge >= 0.3 is 0 Å². The highest BCUT2D eigenvalue weighted by molar-refractivity contribution is 5.20. The fraction of sp³-hybridized carbons (Fsp3) is 0.647. The molecule has 0 spiro atoms. The average molecular weight is 277 g/mol. The molecule has 0 heterocycles. The van der Waals surface area contributed by atoms with E-state index in [0.29, 0.717) is 12.6 Å². The van der Waals surface area contributed by atoms with Crippen LogP contribution in [0.4, 0.5) is 0 Å². The average Bonchev–Trinajstić information content (AvgIpc) is 2.53. The Hall–Kier alpha value is -0.900. The summed E-state index contributed by atoms with van der Waals surface area (Å²) in [6.45, 7) is 1.54. The minimum atomic E-state index is 0.159. The normalized spacial score (nSPS) is 24.5. The van der Waals surface area contributed by atoms with Crippen molar-refractivity contribution in [3.63, 3.8) is 0 Å². The van der Waals surface area contributed by atoms with Crippen LogP contribution in [-0.4, -0.2) is 39.5 Å². The standard InChI is InChI=1S/C17H27NO2/c1-19-13-17(20-2)12-18-16-10-8-15(9-11-16)14-6-4-3-5-7-14/h3-7,15-18H,8-13H2,1-2H3. The predicted octanol–water partition coefficient (Wildman–Crippen LogP) is 2.96. The maximum Gasteiger partial charge on any atom is 0.0928 e. The van der Waals surface area contributed by atoms with Crippen molar-refractivity contribution in [3.8, 4) is 0 Å². The molecular weight excluding hydrogens is 250 g/mol. The van der Waals surface area contributed by atoms with Gasteiger partial charge in [0.15, 0.2) is 0 Å². The fourth-order valence-electron chi connectivity index (χ4n) is 3.05. The van der Waals surface area contributed by atoms with Gasteiger partial charge in [-0.15, -0.1) is 0 Å². The summed E-state index contributed by atoms with van der Waals surface area (Å²) in [6, 6.07) is 11.5. The molecule has 1 aromatic carbocycles. The minimum Gasteiger partial charge on any atom is -0.382 e. The molecule has 1 aromatic rings. The maximum absolute atomic E-state index is 5.38. The van der Waals surface area contributed by atoms with Gasteiger partial charge < -0.3 is 14.8 Å². The van der Waals surface area contributed by atoms with Gasteiger partial charge in [-0.1, -0.05) is 30.3 Å². The second-order valence-electron chi connectivity index (χ2n) is 5.68. The molecule has 0 radical (unpaired) electrons. The van der Waals surface area contributed by atoms with Crippen LogP contribution < -0.4 is 5.32 Å². The van der Waals surface area contributed by atoms with Crippen LogP contribution in [0.25, 0.3) is 0 Å². The Kier molecular flexibility index (Phi) is 6.51. The molecule has 1 atom stereocenters.